The van der Waals surface area contributed by atoms with Gasteiger partial charge in [-0.1, -0.05) is 6.92 Å². The lowest BCUT2D eigenvalue weighted by Crippen LogP contribution is -2.30. The number of hydrogen-bond donors (Lipinski definition) is 1. The van der Waals surface area contributed by atoms with E-state index in [1.165, 1.54) is 0 Å². The maximum Gasteiger partial charge on any atom is 0.0589 e. The molecule has 0 bridgehead atoms. The molecule has 0 aromatic carbocycles. The van der Waals surface area contributed by atoms with Crippen molar-refractivity contribution in [3.8, 4) is 0 Å². The molecular formula is C8H20N2O. The lowest BCUT2D eigenvalue weighted by Gasteiger charge is -2.19. The largest absolute Gasteiger partial charge is 0.383 e. The summed E-state index contributed by atoms with van der Waals surface area (Å²) < 4.78 is 4.95. The molecule has 1 atom stereocenters. The Morgan fingerprint density at radius 2 is 2.18 bits per heavy atom. The van der Waals surface area contributed by atoms with Gasteiger partial charge in [0.25, 0.3) is 0 Å². The van der Waals surface area contributed by atoms with E-state index in [0.29, 0.717) is 5.92 Å². The second-order valence-electron chi connectivity index (χ2n) is 3.10. The van der Waals surface area contributed by atoms with Gasteiger partial charge < -0.3 is 15.4 Å². The maximum atomic E-state index is 5.49. The molecule has 0 aliphatic carbocycles. The average Bonchev–Trinajstić information content (AvgIpc) is 2.00. The smallest absolute Gasteiger partial charge is 0.0589 e. The van der Waals surface area contributed by atoms with Crippen molar-refractivity contribution in [3.05, 3.63) is 0 Å². The second-order valence-corrected chi connectivity index (χ2v) is 3.10. The Bertz CT molecular complexity index is 88.2. The zero-order valence-electron chi connectivity index (χ0n) is 7.84. The topological polar surface area (TPSA) is 38.5 Å². The van der Waals surface area contributed by atoms with E-state index in [0.717, 1.165) is 26.2 Å². The summed E-state index contributed by atoms with van der Waals surface area (Å²) in [6, 6.07) is 0. The monoisotopic (exact) mass is 160 g/mol. The lowest BCUT2D eigenvalue weighted by molar-refractivity contribution is 0.154. The fraction of sp³-hybridized carbons (Fsp3) is 1.00. The Kier molecular flexibility index (Phi) is 6.51. The number of hydrogen-bond acceptors (Lipinski definition) is 3. The number of nitrogens with zero attached hydrogens (tertiary/aromatic N) is 1. The Morgan fingerprint density at radius 1 is 1.55 bits per heavy atom. The Hall–Kier alpha value is -0.120. The standard InChI is InChI=1S/C8H20N2O/c1-8(6-9)7-10(2)4-5-11-3/h8H,4-7,9H2,1-3H3. The van der Waals surface area contributed by atoms with Crippen molar-refractivity contribution in [1.82, 2.24) is 4.90 Å². The molecule has 0 amide bonds. The van der Waals surface area contributed by atoms with E-state index in [4.69, 9.17) is 10.5 Å². The molecule has 0 aromatic rings. The van der Waals surface area contributed by atoms with Crippen LogP contribution in [0, 0.1) is 5.92 Å². The third-order valence-electron chi connectivity index (χ3n) is 1.70. The van der Waals surface area contributed by atoms with Crippen LogP contribution in [0.4, 0.5) is 0 Å². The highest BCUT2D eigenvalue weighted by Gasteiger charge is 2.02. The van der Waals surface area contributed by atoms with Crippen LogP contribution in [0.25, 0.3) is 0 Å². The van der Waals surface area contributed by atoms with E-state index in [1.54, 1.807) is 7.11 Å². The van der Waals surface area contributed by atoms with Gasteiger partial charge in [-0.25, -0.2) is 0 Å². The van der Waals surface area contributed by atoms with Gasteiger partial charge in [0.05, 0.1) is 6.61 Å². The predicted octanol–water partition coefficient (Wildman–Crippen LogP) is 0.159. The van der Waals surface area contributed by atoms with Crippen LogP contribution in [0.15, 0.2) is 0 Å². The van der Waals surface area contributed by atoms with E-state index >= 15 is 0 Å². The molecule has 11 heavy (non-hydrogen) atoms. The molecule has 0 saturated carbocycles. The van der Waals surface area contributed by atoms with Gasteiger partial charge in [-0.15, -0.1) is 0 Å². The van der Waals surface area contributed by atoms with Crippen LogP contribution < -0.4 is 5.73 Å². The molecule has 68 valence electrons. The molecule has 0 fully saturated rings. The molecular weight excluding hydrogens is 140 g/mol. The van der Waals surface area contributed by atoms with Gasteiger partial charge in [-0.05, 0) is 19.5 Å². The molecule has 0 rings (SSSR count). The van der Waals surface area contributed by atoms with Gasteiger partial charge in [0.1, 0.15) is 0 Å². The number of rotatable bonds is 6. The van der Waals surface area contributed by atoms with E-state index in [9.17, 15) is 0 Å². The summed E-state index contributed by atoms with van der Waals surface area (Å²) in [5.41, 5.74) is 5.49. The van der Waals surface area contributed by atoms with Crippen molar-refractivity contribution < 1.29 is 4.74 Å². The highest BCUT2D eigenvalue weighted by Crippen LogP contribution is 1.94. The molecule has 3 heteroatoms. The lowest BCUT2D eigenvalue weighted by atomic mass is 10.2. The first-order valence-electron chi connectivity index (χ1n) is 4.08. The first-order chi connectivity index (χ1) is 5.20. The van der Waals surface area contributed by atoms with Crippen molar-refractivity contribution in [3.63, 3.8) is 0 Å². The molecule has 3 nitrogen and oxygen atoms in total. The zero-order chi connectivity index (χ0) is 8.69. The van der Waals surface area contributed by atoms with Crippen LogP contribution >= 0.6 is 0 Å². The summed E-state index contributed by atoms with van der Waals surface area (Å²) in [6.07, 6.45) is 0. The highest BCUT2D eigenvalue weighted by atomic mass is 16.5. The minimum Gasteiger partial charge on any atom is -0.383 e. The third kappa shape index (κ3) is 6.28. The van der Waals surface area contributed by atoms with Gasteiger partial charge >= 0.3 is 0 Å². The normalized spacial score (nSPS) is 13.9. The van der Waals surface area contributed by atoms with Crippen LogP contribution in [-0.4, -0.2) is 45.3 Å². The van der Waals surface area contributed by atoms with Gasteiger partial charge in [-0.3, -0.25) is 0 Å². The first kappa shape index (κ1) is 10.9. The van der Waals surface area contributed by atoms with Gasteiger partial charge in [0, 0.05) is 20.2 Å². The molecule has 0 heterocycles. The SMILES string of the molecule is COCCN(C)CC(C)CN. The quantitative estimate of drug-likeness (QED) is 0.601. The van der Waals surface area contributed by atoms with Crippen LogP contribution in [0.1, 0.15) is 6.92 Å². The molecule has 0 aromatic heterocycles. The summed E-state index contributed by atoms with van der Waals surface area (Å²) in [5, 5.41) is 0. The second kappa shape index (κ2) is 6.58. The van der Waals surface area contributed by atoms with Crippen molar-refractivity contribution in [2.75, 3.05) is 40.4 Å². The van der Waals surface area contributed by atoms with Crippen LogP contribution in [0.5, 0.6) is 0 Å². The molecule has 1 unspecified atom stereocenters. The Balaban J connectivity index is 3.27. The predicted molar refractivity (Wildman–Crippen MR) is 47.6 cm³/mol. The van der Waals surface area contributed by atoms with E-state index in [-0.39, 0.29) is 0 Å². The van der Waals surface area contributed by atoms with Crippen molar-refractivity contribution >= 4 is 0 Å². The zero-order valence-corrected chi connectivity index (χ0v) is 7.84. The Labute approximate surface area is 69.5 Å². The van der Waals surface area contributed by atoms with Crippen molar-refractivity contribution in [2.45, 2.75) is 6.92 Å². The van der Waals surface area contributed by atoms with Gasteiger partial charge in [0.2, 0.25) is 0 Å². The molecule has 0 saturated heterocycles. The number of nitrogens with two attached hydrogens (primary N) is 1. The van der Waals surface area contributed by atoms with E-state index in [1.807, 2.05) is 0 Å². The number of likely N-dealkylation sites (N-methyl/N-ethyl adjacent to an activating group) is 1. The van der Waals surface area contributed by atoms with Crippen molar-refractivity contribution in [2.24, 2.45) is 11.7 Å². The maximum absolute atomic E-state index is 5.49. The van der Waals surface area contributed by atoms with E-state index in [2.05, 4.69) is 18.9 Å². The highest BCUT2D eigenvalue weighted by molar-refractivity contribution is 4.58. The molecule has 2 N–H and O–H groups in total. The fourth-order valence-corrected chi connectivity index (χ4v) is 0.945. The first-order valence-corrected chi connectivity index (χ1v) is 4.08. The summed E-state index contributed by atoms with van der Waals surface area (Å²) in [7, 11) is 3.81. The molecule has 0 aliphatic rings. The summed E-state index contributed by atoms with van der Waals surface area (Å²) in [5.74, 6) is 0.580. The summed E-state index contributed by atoms with van der Waals surface area (Å²) in [4.78, 5) is 2.24. The van der Waals surface area contributed by atoms with Gasteiger partial charge in [-0.2, -0.15) is 0 Å². The number of methoxy groups -OCH3 is 1. The van der Waals surface area contributed by atoms with Crippen LogP contribution in [0.2, 0.25) is 0 Å². The average molecular weight is 160 g/mol. The number of ether oxygens (including phenoxy) is 1. The minimum absolute atomic E-state index is 0.580. The third-order valence-corrected chi connectivity index (χ3v) is 1.70. The molecule has 0 spiro atoms. The van der Waals surface area contributed by atoms with Crippen molar-refractivity contribution in [1.29, 1.82) is 0 Å². The molecule has 0 aliphatic heterocycles. The summed E-state index contributed by atoms with van der Waals surface area (Å²) >= 11 is 0. The van der Waals surface area contributed by atoms with Crippen LogP contribution in [0.3, 0.4) is 0 Å². The Morgan fingerprint density at radius 3 is 2.64 bits per heavy atom. The fourth-order valence-electron chi connectivity index (χ4n) is 0.945. The van der Waals surface area contributed by atoms with Gasteiger partial charge in [0.15, 0.2) is 0 Å². The molecule has 0 radical (unpaired) electrons. The van der Waals surface area contributed by atoms with E-state index < -0.39 is 0 Å². The van der Waals surface area contributed by atoms with Crippen LogP contribution in [-0.2, 0) is 4.74 Å². The summed E-state index contributed by atoms with van der Waals surface area (Å²) in [6.45, 7) is 5.76. The minimum atomic E-state index is 0.580.